The molecule has 8 heteroatoms. The van der Waals surface area contributed by atoms with Crippen LogP contribution in [-0.4, -0.2) is 33.1 Å². The minimum atomic E-state index is -0.434. The van der Waals surface area contributed by atoms with E-state index < -0.39 is 11.7 Å². The molecule has 3 rings (SSSR count). The van der Waals surface area contributed by atoms with Gasteiger partial charge in [0, 0.05) is 18.5 Å². The van der Waals surface area contributed by atoms with E-state index in [1.165, 1.54) is 37.8 Å². The standard InChI is InChI=1S/C17H16FN5O2/c1-10-6-21-14(5-15(10)25-12-7-19-9-20-8-12)17(24)23-16-4-3-13(18)11(2)22-16/h3-5,7-10H,6H2,1-2H3,(H,22,23,24). The van der Waals surface area contributed by atoms with Gasteiger partial charge in [0.05, 0.1) is 18.1 Å². The van der Waals surface area contributed by atoms with Gasteiger partial charge in [-0.25, -0.2) is 19.3 Å². The zero-order valence-corrected chi connectivity index (χ0v) is 13.7. The Morgan fingerprint density at radius 3 is 2.80 bits per heavy atom. The Morgan fingerprint density at radius 1 is 1.32 bits per heavy atom. The number of dihydropyridines is 1. The molecule has 0 spiro atoms. The number of nitrogens with one attached hydrogen (secondary N) is 1. The van der Waals surface area contributed by atoms with Crippen molar-refractivity contribution in [2.24, 2.45) is 10.9 Å². The summed E-state index contributed by atoms with van der Waals surface area (Å²) in [5.41, 5.74) is 0.425. The lowest BCUT2D eigenvalue weighted by Crippen LogP contribution is -2.27. The average molecular weight is 341 g/mol. The molecule has 128 valence electrons. The van der Waals surface area contributed by atoms with E-state index in [-0.39, 0.29) is 23.1 Å². The fraction of sp³-hybridized carbons (Fsp3) is 0.235. The molecule has 1 amide bonds. The number of pyridine rings is 1. The first-order valence-corrected chi connectivity index (χ1v) is 7.66. The first-order valence-electron chi connectivity index (χ1n) is 7.66. The van der Waals surface area contributed by atoms with Gasteiger partial charge in [0.2, 0.25) is 0 Å². The molecule has 1 aliphatic heterocycles. The van der Waals surface area contributed by atoms with Gasteiger partial charge in [-0.15, -0.1) is 0 Å². The van der Waals surface area contributed by atoms with Crippen LogP contribution in [0.3, 0.4) is 0 Å². The van der Waals surface area contributed by atoms with Crippen molar-refractivity contribution >= 4 is 17.4 Å². The van der Waals surface area contributed by atoms with E-state index in [0.29, 0.717) is 18.1 Å². The van der Waals surface area contributed by atoms with E-state index in [4.69, 9.17) is 4.74 Å². The highest BCUT2D eigenvalue weighted by atomic mass is 19.1. The van der Waals surface area contributed by atoms with Crippen molar-refractivity contribution in [2.75, 3.05) is 11.9 Å². The van der Waals surface area contributed by atoms with Crippen molar-refractivity contribution in [3.8, 4) is 5.75 Å². The van der Waals surface area contributed by atoms with Crippen LogP contribution in [0.5, 0.6) is 5.75 Å². The van der Waals surface area contributed by atoms with Crippen LogP contribution in [0.2, 0.25) is 0 Å². The molecular weight excluding hydrogens is 325 g/mol. The van der Waals surface area contributed by atoms with Gasteiger partial charge in [-0.1, -0.05) is 6.92 Å². The molecular formula is C17H16FN5O2. The van der Waals surface area contributed by atoms with E-state index in [0.717, 1.165) is 0 Å². The van der Waals surface area contributed by atoms with Crippen molar-refractivity contribution in [3.63, 3.8) is 0 Å². The molecule has 0 aromatic carbocycles. The van der Waals surface area contributed by atoms with Crippen molar-refractivity contribution < 1.29 is 13.9 Å². The molecule has 25 heavy (non-hydrogen) atoms. The molecule has 0 bridgehead atoms. The SMILES string of the molecule is Cc1nc(NC(=O)C2=NCC(C)C(Oc3cncnc3)=C2)ccc1F. The van der Waals surface area contributed by atoms with Crippen LogP contribution < -0.4 is 10.1 Å². The second-order valence-corrected chi connectivity index (χ2v) is 5.57. The van der Waals surface area contributed by atoms with E-state index >= 15 is 0 Å². The normalized spacial score (nSPS) is 16.7. The third kappa shape index (κ3) is 4.03. The smallest absolute Gasteiger partial charge is 0.275 e. The molecule has 0 aliphatic carbocycles. The largest absolute Gasteiger partial charge is 0.458 e. The first-order chi connectivity index (χ1) is 12.0. The second kappa shape index (κ2) is 7.16. The maximum atomic E-state index is 13.3. The lowest BCUT2D eigenvalue weighted by atomic mass is 10.1. The van der Waals surface area contributed by atoms with Crippen LogP contribution in [0.1, 0.15) is 12.6 Å². The Hall–Kier alpha value is -3.16. The number of ether oxygens (including phenoxy) is 1. The molecule has 7 nitrogen and oxygen atoms in total. The molecule has 0 saturated carbocycles. The molecule has 0 fully saturated rings. The van der Waals surface area contributed by atoms with Crippen molar-refractivity contribution in [3.05, 3.63) is 54.2 Å². The van der Waals surface area contributed by atoms with E-state index in [2.05, 4.69) is 25.3 Å². The fourth-order valence-corrected chi connectivity index (χ4v) is 2.18. The number of aromatic nitrogens is 3. The summed E-state index contributed by atoms with van der Waals surface area (Å²) < 4.78 is 19.0. The van der Waals surface area contributed by atoms with Gasteiger partial charge in [0.25, 0.3) is 5.91 Å². The van der Waals surface area contributed by atoms with E-state index in [1.807, 2.05) is 6.92 Å². The summed E-state index contributed by atoms with van der Waals surface area (Å²) in [5, 5.41) is 2.61. The second-order valence-electron chi connectivity index (χ2n) is 5.57. The highest BCUT2D eigenvalue weighted by Crippen LogP contribution is 2.21. The number of anilines is 1. The van der Waals surface area contributed by atoms with Gasteiger partial charge in [-0.2, -0.15) is 0 Å². The van der Waals surface area contributed by atoms with Crippen LogP contribution in [0.15, 0.2) is 47.7 Å². The highest BCUT2D eigenvalue weighted by molar-refractivity contribution is 6.47. The lowest BCUT2D eigenvalue weighted by molar-refractivity contribution is -0.110. The van der Waals surface area contributed by atoms with Gasteiger partial charge in [0.15, 0.2) is 5.75 Å². The molecule has 2 aromatic rings. The van der Waals surface area contributed by atoms with Crippen LogP contribution in [-0.2, 0) is 4.79 Å². The number of carbonyl (C=O) groups excluding carboxylic acids is 1. The van der Waals surface area contributed by atoms with Crippen molar-refractivity contribution in [1.29, 1.82) is 0 Å². The average Bonchev–Trinajstić information content (AvgIpc) is 2.61. The summed E-state index contributed by atoms with van der Waals surface area (Å²) >= 11 is 0. The zero-order valence-electron chi connectivity index (χ0n) is 13.7. The van der Waals surface area contributed by atoms with Crippen LogP contribution >= 0.6 is 0 Å². The lowest BCUT2D eigenvalue weighted by Gasteiger charge is -2.19. The maximum Gasteiger partial charge on any atom is 0.275 e. The summed E-state index contributed by atoms with van der Waals surface area (Å²) in [6, 6.07) is 2.65. The quantitative estimate of drug-likeness (QED) is 0.922. The van der Waals surface area contributed by atoms with Crippen LogP contribution in [0, 0.1) is 18.7 Å². The highest BCUT2D eigenvalue weighted by Gasteiger charge is 2.21. The Labute approximate surface area is 143 Å². The number of amides is 1. The Bertz CT molecular complexity index is 851. The zero-order chi connectivity index (χ0) is 17.8. The number of rotatable bonds is 4. The maximum absolute atomic E-state index is 13.3. The number of carbonyl (C=O) groups is 1. The summed E-state index contributed by atoms with van der Waals surface area (Å²) in [6.07, 6.45) is 6.06. The van der Waals surface area contributed by atoms with Crippen molar-refractivity contribution in [2.45, 2.75) is 13.8 Å². The predicted octanol–water partition coefficient (Wildman–Crippen LogP) is 2.31. The molecule has 3 heterocycles. The van der Waals surface area contributed by atoms with Gasteiger partial charge >= 0.3 is 0 Å². The molecule has 1 aliphatic rings. The number of hydrogen-bond donors (Lipinski definition) is 1. The minimum absolute atomic E-state index is 0.0166. The number of aryl methyl sites for hydroxylation is 1. The molecule has 2 aromatic heterocycles. The topological polar surface area (TPSA) is 89.4 Å². The first kappa shape index (κ1) is 16.7. The molecule has 0 saturated heterocycles. The summed E-state index contributed by atoms with van der Waals surface area (Å²) in [5.74, 6) is 0.495. The molecule has 1 N–H and O–H groups in total. The summed E-state index contributed by atoms with van der Waals surface area (Å²) in [7, 11) is 0. The van der Waals surface area contributed by atoms with Gasteiger partial charge < -0.3 is 10.1 Å². The molecule has 0 radical (unpaired) electrons. The molecule has 1 unspecified atom stereocenters. The fourth-order valence-electron chi connectivity index (χ4n) is 2.18. The van der Waals surface area contributed by atoms with Gasteiger partial charge in [-0.3, -0.25) is 9.79 Å². The van der Waals surface area contributed by atoms with Crippen LogP contribution in [0.25, 0.3) is 0 Å². The predicted molar refractivity (Wildman–Crippen MR) is 89.8 cm³/mol. The number of hydrogen-bond acceptors (Lipinski definition) is 6. The third-order valence-electron chi connectivity index (χ3n) is 3.57. The Morgan fingerprint density at radius 2 is 2.08 bits per heavy atom. The third-order valence-corrected chi connectivity index (χ3v) is 3.57. The van der Waals surface area contributed by atoms with Crippen molar-refractivity contribution in [1.82, 2.24) is 15.0 Å². The summed E-state index contributed by atoms with van der Waals surface area (Å²) in [6.45, 7) is 3.88. The Balaban J connectivity index is 1.74. The van der Waals surface area contributed by atoms with Crippen LogP contribution in [0.4, 0.5) is 10.2 Å². The number of aliphatic imine (C=N–C) groups is 1. The van der Waals surface area contributed by atoms with Gasteiger partial charge in [0.1, 0.15) is 29.4 Å². The number of halogens is 1. The Kier molecular flexibility index (Phi) is 4.78. The van der Waals surface area contributed by atoms with E-state index in [9.17, 15) is 9.18 Å². The monoisotopic (exact) mass is 341 g/mol. The number of nitrogens with zero attached hydrogens (tertiary/aromatic N) is 4. The minimum Gasteiger partial charge on any atom is -0.458 e. The summed E-state index contributed by atoms with van der Waals surface area (Å²) in [4.78, 5) is 28.4. The van der Waals surface area contributed by atoms with E-state index in [1.54, 1.807) is 6.08 Å². The van der Waals surface area contributed by atoms with Gasteiger partial charge in [-0.05, 0) is 19.1 Å². The molecule has 1 atom stereocenters.